The Labute approximate surface area is 372 Å². The van der Waals surface area contributed by atoms with E-state index in [9.17, 15) is 42.0 Å². The quantitative estimate of drug-likeness (QED) is 0.118. The number of unbranched alkanes of at least 4 members (excludes halogenated alkanes) is 4. The number of hydrogen-bond acceptors (Lipinski definition) is 12. The number of aryl methyl sites for hydroxylation is 1. The number of nitrogens with zero attached hydrogens (tertiary/aromatic N) is 3. The van der Waals surface area contributed by atoms with E-state index in [0.717, 1.165) is 86.1 Å². The second kappa shape index (κ2) is 19.3. The van der Waals surface area contributed by atoms with Crippen LogP contribution in [0.4, 0.5) is 11.4 Å². The molecule has 2 fully saturated rings. The molecule has 0 aromatic heterocycles. The Bertz CT molecular complexity index is 2500. The average molecular weight is 898 g/mol. The van der Waals surface area contributed by atoms with Crippen LogP contribution in [0.1, 0.15) is 137 Å². The first-order valence-electron chi connectivity index (χ1n) is 22.0. The molecule has 1 unspecified atom stereocenters. The molecule has 16 nitrogen and oxygen atoms in total. The molecule has 7 rings (SSSR count). The molecule has 64 heavy (non-hydrogen) atoms. The third-order valence-electron chi connectivity index (χ3n) is 12.5. The van der Waals surface area contributed by atoms with Gasteiger partial charge in [-0.25, -0.2) is 8.42 Å². The minimum absolute atomic E-state index is 0.0273. The normalized spacial score (nSPS) is 18.3. The Morgan fingerprint density at radius 1 is 0.844 bits per heavy atom. The predicted octanol–water partition coefficient (Wildman–Crippen LogP) is 5.64. The molecule has 2 saturated heterocycles. The molecule has 4 aliphatic heterocycles. The van der Waals surface area contributed by atoms with Crippen LogP contribution in [-0.4, -0.2) is 104 Å². The maximum Gasteiger partial charge on any atom is 0.264 e. The summed E-state index contributed by atoms with van der Waals surface area (Å²) in [7, 11) is -2.23. The van der Waals surface area contributed by atoms with E-state index in [1.165, 1.54) is 14.0 Å². The number of carbonyl (C=O) groups is 7. The summed E-state index contributed by atoms with van der Waals surface area (Å²) in [5, 5.41) is 4.97. The van der Waals surface area contributed by atoms with E-state index in [4.69, 9.17) is 9.47 Å². The second-order valence-electron chi connectivity index (χ2n) is 17.1. The number of anilines is 2. The van der Waals surface area contributed by atoms with E-state index in [2.05, 4.69) is 15.5 Å². The summed E-state index contributed by atoms with van der Waals surface area (Å²) in [5.74, 6) is -3.04. The number of imide groups is 3. The van der Waals surface area contributed by atoms with Crippen molar-refractivity contribution in [3.63, 3.8) is 0 Å². The van der Waals surface area contributed by atoms with Crippen LogP contribution in [0.25, 0.3) is 0 Å². The van der Waals surface area contributed by atoms with E-state index in [0.29, 0.717) is 47.3 Å². The third kappa shape index (κ3) is 9.68. The van der Waals surface area contributed by atoms with E-state index >= 15 is 0 Å². The highest BCUT2D eigenvalue weighted by Gasteiger charge is 2.47. The zero-order valence-corrected chi connectivity index (χ0v) is 37.5. The lowest BCUT2D eigenvalue weighted by atomic mass is 9.90. The summed E-state index contributed by atoms with van der Waals surface area (Å²) in [6.45, 7) is 4.89. The topological polar surface area (TPSA) is 206 Å². The average Bonchev–Trinajstić information content (AvgIpc) is 3.65. The van der Waals surface area contributed by atoms with E-state index in [1.54, 1.807) is 49.4 Å². The maximum atomic E-state index is 14.1. The minimum atomic E-state index is -3.70. The zero-order valence-electron chi connectivity index (χ0n) is 36.7. The van der Waals surface area contributed by atoms with Gasteiger partial charge >= 0.3 is 0 Å². The van der Waals surface area contributed by atoms with Crippen LogP contribution in [0.2, 0.25) is 0 Å². The van der Waals surface area contributed by atoms with Gasteiger partial charge in [0.15, 0.2) is 11.5 Å². The fourth-order valence-electron chi connectivity index (χ4n) is 9.45. The van der Waals surface area contributed by atoms with Crippen LogP contribution < -0.4 is 25.0 Å². The molecule has 4 heterocycles. The summed E-state index contributed by atoms with van der Waals surface area (Å²) in [6, 6.07) is 11.3. The van der Waals surface area contributed by atoms with Crippen molar-refractivity contribution in [2.45, 2.75) is 96.6 Å². The smallest absolute Gasteiger partial charge is 0.264 e. The first-order valence-corrected chi connectivity index (χ1v) is 24.1. The van der Waals surface area contributed by atoms with Gasteiger partial charge < -0.3 is 19.7 Å². The van der Waals surface area contributed by atoms with Gasteiger partial charge in [0.05, 0.1) is 59.1 Å². The molecule has 340 valence electrons. The van der Waals surface area contributed by atoms with Crippen molar-refractivity contribution in [2.24, 2.45) is 5.92 Å². The fraction of sp³-hybridized carbons (Fsp3) is 0.468. The molecule has 2 atom stereocenters. The summed E-state index contributed by atoms with van der Waals surface area (Å²) < 4.78 is 36.5. The highest BCUT2D eigenvalue weighted by atomic mass is 32.2. The van der Waals surface area contributed by atoms with Crippen molar-refractivity contribution in [1.29, 1.82) is 0 Å². The number of benzene rings is 3. The zero-order chi connectivity index (χ0) is 45.9. The van der Waals surface area contributed by atoms with Crippen molar-refractivity contribution in [3.05, 3.63) is 81.9 Å². The second-order valence-corrected chi connectivity index (χ2v) is 19.2. The van der Waals surface area contributed by atoms with E-state index < -0.39 is 69.0 Å². The van der Waals surface area contributed by atoms with Gasteiger partial charge in [0.25, 0.3) is 23.6 Å². The van der Waals surface area contributed by atoms with Crippen LogP contribution in [-0.2, 0) is 30.6 Å². The number of carbonyl (C=O) groups excluding carboxylic acids is 7. The fourth-order valence-corrected chi connectivity index (χ4v) is 10.4. The molecular weight excluding hydrogens is 843 g/mol. The molecule has 4 aliphatic rings. The van der Waals surface area contributed by atoms with Crippen LogP contribution in [0.5, 0.6) is 11.5 Å². The largest absolute Gasteiger partial charge is 0.493 e. The molecule has 2 N–H and O–H groups in total. The van der Waals surface area contributed by atoms with Gasteiger partial charge in [-0.05, 0) is 92.5 Å². The van der Waals surface area contributed by atoms with Crippen LogP contribution >= 0.6 is 0 Å². The van der Waals surface area contributed by atoms with Crippen molar-refractivity contribution < 1.29 is 51.5 Å². The first-order chi connectivity index (χ1) is 30.6. The van der Waals surface area contributed by atoms with Crippen molar-refractivity contribution >= 4 is 62.6 Å². The highest BCUT2D eigenvalue weighted by molar-refractivity contribution is 7.90. The van der Waals surface area contributed by atoms with E-state index in [1.807, 2.05) is 6.07 Å². The Kier molecular flexibility index (Phi) is 13.9. The van der Waals surface area contributed by atoms with Crippen molar-refractivity contribution in [2.75, 3.05) is 49.0 Å². The number of nitrogens with one attached hydrogen (secondary N) is 2. The highest BCUT2D eigenvalue weighted by Crippen LogP contribution is 2.40. The van der Waals surface area contributed by atoms with E-state index in [-0.39, 0.29) is 35.2 Å². The van der Waals surface area contributed by atoms with Crippen LogP contribution in [0, 0.1) is 5.92 Å². The molecule has 0 spiro atoms. The molecule has 3 aromatic rings. The molecular formula is C47H55N5O11S. The maximum absolute atomic E-state index is 14.1. The van der Waals surface area contributed by atoms with Gasteiger partial charge in [-0.3, -0.25) is 48.7 Å². The molecule has 0 bridgehead atoms. The third-order valence-corrected chi connectivity index (χ3v) is 13.4. The number of methoxy groups -OCH3 is 1. The van der Waals surface area contributed by atoms with Crippen molar-refractivity contribution in [1.82, 2.24) is 15.1 Å². The lowest BCUT2D eigenvalue weighted by Crippen LogP contribution is -2.54. The van der Waals surface area contributed by atoms with Crippen LogP contribution in [0.15, 0.2) is 48.5 Å². The lowest BCUT2D eigenvalue weighted by Gasteiger charge is -2.34. The van der Waals surface area contributed by atoms with Gasteiger partial charge in [-0.2, -0.15) is 0 Å². The van der Waals surface area contributed by atoms with Crippen molar-refractivity contribution in [3.8, 4) is 11.5 Å². The summed E-state index contributed by atoms with van der Waals surface area (Å²) in [4.78, 5) is 95.9. The Morgan fingerprint density at radius 2 is 1.58 bits per heavy atom. The predicted molar refractivity (Wildman–Crippen MR) is 237 cm³/mol. The number of sulfone groups is 1. The Morgan fingerprint density at radius 3 is 2.27 bits per heavy atom. The Balaban J connectivity index is 0.920. The number of amides is 7. The number of rotatable bonds is 18. The molecule has 7 amide bonds. The van der Waals surface area contributed by atoms with Crippen LogP contribution in [0.3, 0.4) is 0 Å². The monoisotopic (exact) mass is 897 g/mol. The standard InChI is InChI=1S/C47H55N5O11S/c1-5-63-39-26-31(16-18-38(39)62-3)37(27-64(4,60)61)52-45(57)33-24-30(25-34(48-28(2)53)41(33)46(52)58)13-10-8-6-7-9-12-29-20-22-50(23-21-29)35-15-11-14-32-42(35)47(59)51(44(32)56)36-17-19-40(54)49-43(36)55/h11,14-16,18,24-26,29,36-37H,5-10,12-13,17,19-23,27H2,1-4H3,(H,48,53)(H,49,54,55)/t36?,37-/m1/s1. The van der Waals surface area contributed by atoms with Gasteiger partial charge in [0.2, 0.25) is 17.7 Å². The molecule has 0 saturated carbocycles. The number of fused-ring (bicyclic) bond motifs is 2. The number of ether oxygens (including phenoxy) is 2. The SMILES string of the molecule is CCOc1cc([C@@H](CS(C)(=O)=O)N2C(=O)c3cc(CCCCCCCC4CCN(c5cccc6c5C(=O)N(C5CCC(=O)NC5=O)C6=O)CC4)cc(NC(C)=O)c3C2=O)ccc1OC. The van der Waals surface area contributed by atoms with Gasteiger partial charge in [-0.1, -0.05) is 44.2 Å². The minimum Gasteiger partial charge on any atom is -0.493 e. The number of hydrogen-bond donors (Lipinski definition) is 2. The van der Waals surface area contributed by atoms with Gasteiger partial charge in [0, 0.05) is 32.7 Å². The summed E-state index contributed by atoms with van der Waals surface area (Å²) in [6.07, 6.45) is 9.64. The van der Waals surface area contributed by atoms with Gasteiger partial charge in [0.1, 0.15) is 15.9 Å². The Hall–Kier alpha value is -6.10. The summed E-state index contributed by atoms with van der Waals surface area (Å²) in [5.41, 5.74) is 2.81. The molecule has 0 aliphatic carbocycles. The molecule has 17 heteroatoms. The lowest BCUT2D eigenvalue weighted by molar-refractivity contribution is -0.136. The summed E-state index contributed by atoms with van der Waals surface area (Å²) >= 11 is 0. The molecule has 0 radical (unpaired) electrons. The first kappa shape index (κ1) is 45.9. The van der Waals surface area contributed by atoms with Gasteiger partial charge in [-0.15, -0.1) is 0 Å². The number of piperidine rings is 2. The molecule has 3 aromatic carbocycles.